The highest BCUT2D eigenvalue weighted by atomic mass is 16.5. The Balaban J connectivity index is 1.34. The number of urea groups is 1. The Hall–Kier alpha value is -2.41. The number of carbonyl (C=O) groups is 1. The van der Waals surface area contributed by atoms with E-state index >= 15 is 0 Å². The Kier molecular flexibility index (Phi) is 7.42. The SMILES string of the molecule is CC(C)CCNC(=O)N1CCC(OCCc2noc(-c3ccccc3)n2)CC1. The van der Waals surface area contributed by atoms with E-state index in [-0.39, 0.29) is 12.1 Å². The number of nitrogens with zero attached hydrogens (tertiary/aromatic N) is 3. The van der Waals surface area contributed by atoms with Crippen LogP contribution in [0.15, 0.2) is 34.9 Å². The number of carbonyl (C=O) groups excluding carboxylic acids is 1. The van der Waals surface area contributed by atoms with Crippen LogP contribution in [0.4, 0.5) is 4.79 Å². The van der Waals surface area contributed by atoms with Crippen molar-refractivity contribution in [1.29, 1.82) is 0 Å². The second-order valence-corrected chi connectivity index (χ2v) is 7.60. The third-order valence-electron chi connectivity index (χ3n) is 4.90. The van der Waals surface area contributed by atoms with Crippen molar-refractivity contribution < 1.29 is 14.1 Å². The van der Waals surface area contributed by atoms with Crippen LogP contribution in [0.3, 0.4) is 0 Å². The maximum atomic E-state index is 12.2. The second-order valence-electron chi connectivity index (χ2n) is 7.60. The van der Waals surface area contributed by atoms with Gasteiger partial charge in [-0.3, -0.25) is 0 Å². The Morgan fingerprint density at radius 2 is 2.04 bits per heavy atom. The molecule has 2 amide bonds. The minimum Gasteiger partial charge on any atom is -0.378 e. The molecule has 2 heterocycles. The highest BCUT2D eigenvalue weighted by Gasteiger charge is 2.23. The summed E-state index contributed by atoms with van der Waals surface area (Å²) < 4.78 is 11.3. The average Bonchev–Trinajstić information content (AvgIpc) is 3.18. The van der Waals surface area contributed by atoms with Crippen molar-refractivity contribution in [1.82, 2.24) is 20.4 Å². The van der Waals surface area contributed by atoms with Crippen molar-refractivity contribution in [3.05, 3.63) is 36.2 Å². The first-order chi connectivity index (χ1) is 13.6. The first kappa shape index (κ1) is 20.3. The predicted octanol–water partition coefficient (Wildman–Crippen LogP) is 3.52. The van der Waals surface area contributed by atoms with Gasteiger partial charge in [0.2, 0.25) is 0 Å². The van der Waals surface area contributed by atoms with Gasteiger partial charge in [0.05, 0.1) is 12.7 Å². The van der Waals surface area contributed by atoms with Gasteiger partial charge in [0.15, 0.2) is 5.82 Å². The van der Waals surface area contributed by atoms with E-state index in [1.54, 1.807) is 0 Å². The number of amides is 2. The van der Waals surface area contributed by atoms with Crippen molar-refractivity contribution in [2.24, 2.45) is 5.92 Å². The lowest BCUT2D eigenvalue weighted by atomic mass is 10.1. The van der Waals surface area contributed by atoms with Crippen LogP contribution in [-0.2, 0) is 11.2 Å². The van der Waals surface area contributed by atoms with Crippen LogP contribution in [0.25, 0.3) is 11.5 Å². The molecule has 2 aromatic rings. The molecule has 1 aromatic heterocycles. The smallest absolute Gasteiger partial charge is 0.317 e. The topological polar surface area (TPSA) is 80.5 Å². The van der Waals surface area contributed by atoms with Gasteiger partial charge < -0.3 is 19.5 Å². The van der Waals surface area contributed by atoms with E-state index in [0.29, 0.717) is 30.7 Å². The van der Waals surface area contributed by atoms with Crippen LogP contribution in [0, 0.1) is 5.92 Å². The molecule has 0 atom stereocenters. The molecular formula is C21H30N4O3. The van der Waals surface area contributed by atoms with Crippen LogP contribution in [0.5, 0.6) is 0 Å². The summed E-state index contributed by atoms with van der Waals surface area (Å²) in [5, 5.41) is 7.02. The standard InChI is InChI=1S/C21H30N4O3/c1-16(2)8-12-22-21(26)25-13-9-18(10-14-25)27-15-11-19-23-20(28-24-19)17-6-4-3-5-7-17/h3-7,16,18H,8-15H2,1-2H3,(H,22,26). The number of likely N-dealkylation sites (tertiary alicyclic amines) is 1. The number of benzene rings is 1. The Morgan fingerprint density at radius 1 is 1.29 bits per heavy atom. The third-order valence-corrected chi connectivity index (χ3v) is 4.90. The Bertz CT molecular complexity index is 724. The number of hydrogen-bond acceptors (Lipinski definition) is 5. The molecule has 152 valence electrons. The van der Waals surface area contributed by atoms with Crippen molar-refractivity contribution in [2.75, 3.05) is 26.2 Å². The fourth-order valence-corrected chi connectivity index (χ4v) is 3.18. The molecule has 7 heteroatoms. The van der Waals surface area contributed by atoms with E-state index in [0.717, 1.165) is 44.5 Å². The predicted molar refractivity (Wildman–Crippen MR) is 107 cm³/mol. The molecule has 1 aliphatic heterocycles. The lowest BCUT2D eigenvalue weighted by Gasteiger charge is -2.32. The number of ether oxygens (including phenoxy) is 1. The van der Waals surface area contributed by atoms with Gasteiger partial charge in [0.1, 0.15) is 0 Å². The maximum absolute atomic E-state index is 12.2. The van der Waals surface area contributed by atoms with Gasteiger partial charge in [-0.25, -0.2) is 4.79 Å². The first-order valence-corrected chi connectivity index (χ1v) is 10.1. The minimum absolute atomic E-state index is 0.0411. The van der Waals surface area contributed by atoms with Crippen molar-refractivity contribution in [2.45, 2.75) is 45.6 Å². The summed E-state index contributed by atoms with van der Waals surface area (Å²) >= 11 is 0. The molecule has 0 aliphatic carbocycles. The average molecular weight is 386 g/mol. The summed E-state index contributed by atoms with van der Waals surface area (Å²) in [6.07, 6.45) is 3.53. The molecule has 0 radical (unpaired) electrons. The summed E-state index contributed by atoms with van der Waals surface area (Å²) in [4.78, 5) is 18.5. The second kappa shape index (κ2) is 10.2. The normalized spacial score (nSPS) is 15.2. The highest BCUT2D eigenvalue weighted by Crippen LogP contribution is 2.17. The zero-order chi connectivity index (χ0) is 19.8. The summed E-state index contributed by atoms with van der Waals surface area (Å²) in [6, 6.07) is 9.77. The quantitative estimate of drug-likeness (QED) is 0.751. The summed E-state index contributed by atoms with van der Waals surface area (Å²) in [5.74, 6) is 1.79. The molecule has 3 rings (SSSR count). The van der Waals surface area contributed by atoms with E-state index in [1.807, 2.05) is 35.2 Å². The van der Waals surface area contributed by atoms with Gasteiger partial charge >= 0.3 is 6.03 Å². The summed E-state index contributed by atoms with van der Waals surface area (Å²) in [7, 11) is 0. The molecule has 1 aromatic carbocycles. The van der Waals surface area contributed by atoms with E-state index < -0.39 is 0 Å². The fraction of sp³-hybridized carbons (Fsp3) is 0.571. The molecule has 1 fully saturated rings. The zero-order valence-corrected chi connectivity index (χ0v) is 16.8. The van der Waals surface area contributed by atoms with E-state index in [2.05, 4.69) is 29.3 Å². The number of aromatic nitrogens is 2. The lowest BCUT2D eigenvalue weighted by molar-refractivity contribution is 0.0158. The van der Waals surface area contributed by atoms with Gasteiger partial charge in [-0.05, 0) is 37.3 Å². The largest absolute Gasteiger partial charge is 0.378 e. The van der Waals surface area contributed by atoms with E-state index in [4.69, 9.17) is 9.26 Å². The van der Waals surface area contributed by atoms with Crippen LogP contribution in [0.1, 0.15) is 38.9 Å². The van der Waals surface area contributed by atoms with Gasteiger partial charge in [-0.1, -0.05) is 37.2 Å². The molecule has 1 saturated heterocycles. The maximum Gasteiger partial charge on any atom is 0.317 e. The van der Waals surface area contributed by atoms with Crippen molar-refractivity contribution in [3.63, 3.8) is 0 Å². The number of nitrogens with one attached hydrogen (secondary N) is 1. The fourth-order valence-electron chi connectivity index (χ4n) is 3.18. The van der Waals surface area contributed by atoms with Gasteiger partial charge in [0, 0.05) is 31.6 Å². The Morgan fingerprint density at radius 3 is 2.75 bits per heavy atom. The first-order valence-electron chi connectivity index (χ1n) is 10.1. The molecular weight excluding hydrogens is 356 g/mol. The molecule has 1 aliphatic rings. The molecule has 1 N–H and O–H groups in total. The number of rotatable bonds is 8. The monoisotopic (exact) mass is 386 g/mol. The number of hydrogen-bond donors (Lipinski definition) is 1. The molecule has 0 bridgehead atoms. The lowest BCUT2D eigenvalue weighted by Crippen LogP contribution is -2.46. The summed E-state index contributed by atoms with van der Waals surface area (Å²) in [6.45, 7) is 7.08. The van der Waals surface area contributed by atoms with Gasteiger partial charge in [-0.15, -0.1) is 0 Å². The highest BCUT2D eigenvalue weighted by molar-refractivity contribution is 5.74. The van der Waals surface area contributed by atoms with E-state index in [9.17, 15) is 4.79 Å². The molecule has 28 heavy (non-hydrogen) atoms. The van der Waals surface area contributed by atoms with E-state index in [1.165, 1.54) is 0 Å². The summed E-state index contributed by atoms with van der Waals surface area (Å²) in [5.41, 5.74) is 0.918. The van der Waals surface area contributed by atoms with Gasteiger partial charge in [0.25, 0.3) is 5.89 Å². The van der Waals surface area contributed by atoms with Crippen molar-refractivity contribution in [3.8, 4) is 11.5 Å². The third kappa shape index (κ3) is 6.05. The van der Waals surface area contributed by atoms with Crippen LogP contribution in [-0.4, -0.2) is 53.4 Å². The van der Waals surface area contributed by atoms with Crippen LogP contribution >= 0.6 is 0 Å². The molecule has 0 saturated carbocycles. The minimum atomic E-state index is 0.0411. The van der Waals surface area contributed by atoms with Crippen LogP contribution < -0.4 is 5.32 Å². The van der Waals surface area contributed by atoms with Crippen molar-refractivity contribution >= 4 is 6.03 Å². The molecule has 0 spiro atoms. The number of piperidine rings is 1. The van der Waals surface area contributed by atoms with Gasteiger partial charge in [-0.2, -0.15) is 4.98 Å². The molecule has 7 nitrogen and oxygen atoms in total. The zero-order valence-electron chi connectivity index (χ0n) is 16.8. The Labute approximate surface area is 166 Å². The molecule has 0 unspecified atom stereocenters. The van der Waals surface area contributed by atoms with Crippen LogP contribution in [0.2, 0.25) is 0 Å².